The van der Waals surface area contributed by atoms with E-state index in [4.69, 9.17) is 5.11 Å². The van der Waals surface area contributed by atoms with Crippen LogP contribution < -0.4 is 4.72 Å². The maximum Gasteiger partial charge on any atom is 0.337 e. The molecule has 0 fully saturated rings. The van der Waals surface area contributed by atoms with Gasteiger partial charge in [-0.3, -0.25) is 9.40 Å². The molecule has 0 aliphatic heterocycles. The molecule has 20 heavy (non-hydrogen) atoms. The van der Waals surface area contributed by atoms with Gasteiger partial charge in [-0.05, 0) is 25.1 Å². The molecule has 0 spiro atoms. The molecule has 1 aromatic heterocycles. The summed E-state index contributed by atoms with van der Waals surface area (Å²) in [5.41, 5.74) is 0.644. The summed E-state index contributed by atoms with van der Waals surface area (Å²) in [7, 11) is -2.39. The van der Waals surface area contributed by atoms with Crippen molar-refractivity contribution < 1.29 is 18.3 Å². The van der Waals surface area contributed by atoms with E-state index in [0.29, 0.717) is 0 Å². The van der Waals surface area contributed by atoms with Crippen LogP contribution in [0.5, 0.6) is 0 Å². The summed E-state index contributed by atoms with van der Waals surface area (Å²) in [6.45, 7) is 1.73. The standard InChI is InChI=1S/C12H13N3O4S/c1-8-3-4-10(9(7-8)12(16)17)14-20(18,19)11-5-6-13-15(11)2/h3-7,14H,1-2H3,(H,16,17). The number of hydrogen-bond donors (Lipinski definition) is 2. The van der Waals surface area contributed by atoms with Gasteiger partial charge in [0.05, 0.1) is 17.4 Å². The summed E-state index contributed by atoms with van der Waals surface area (Å²) in [4.78, 5) is 11.2. The van der Waals surface area contributed by atoms with Crippen LogP contribution in [-0.4, -0.2) is 29.3 Å². The largest absolute Gasteiger partial charge is 0.478 e. The molecule has 106 valence electrons. The van der Waals surface area contributed by atoms with Crippen molar-refractivity contribution in [2.24, 2.45) is 7.05 Å². The highest BCUT2D eigenvalue weighted by Crippen LogP contribution is 2.21. The first-order valence-corrected chi connectivity index (χ1v) is 7.14. The number of carbonyl (C=O) groups is 1. The average molecular weight is 295 g/mol. The molecule has 0 saturated heterocycles. The first kappa shape index (κ1) is 14.1. The van der Waals surface area contributed by atoms with Crippen molar-refractivity contribution in [3.63, 3.8) is 0 Å². The number of carboxylic acid groups (broad SMARTS) is 1. The normalized spacial score (nSPS) is 11.3. The average Bonchev–Trinajstić information content (AvgIpc) is 2.78. The van der Waals surface area contributed by atoms with Gasteiger partial charge in [-0.1, -0.05) is 11.6 Å². The predicted molar refractivity (Wildman–Crippen MR) is 72.2 cm³/mol. The molecule has 1 heterocycles. The van der Waals surface area contributed by atoms with E-state index >= 15 is 0 Å². The summed E-state index contributed by atoms with van der Waals surface area (Å²) in [6.07, 6.45) is 1.35. The van der Waals surface area contributed by atoms with E-state index in [-0.39, 0.29) is 16.3 Å². The topological polar surface area (TPSA) is 101 Å². The van der Waals surface area contributed by atoms with E-state index in [9.17, 15) is 13.2 Å². The van der Waals surface area contributed by atoms with Gasteiger partial charge in [0.2, 0.25) is 0 Å². The van der Waals surface area contributed by atoms with Gasteiger partial charge in [0, 0.05) is 7.05 Å². The Morgan fingerprint density at radius 2 is 2.05 bits per heavy atom. The zero-order chi connectivity index (χ0) is 14.9. The number of sulfonamides is 1. The molecule has 2 aromatic rings. The number of aromatic carboxylic acids is 1. The Morgan fingerprint density at radius 1 is 1.35 bits per heavy atom. The third-order valence-corrected chi connectivity index (χ3v) is 4.14. The van der Waals surface area contributed by atoms with Gasteiger partial charge in [0.25, 0.3) is 10.0 Å². The van der Waals surface area contributed by atoms with Gasteiger partial charge in [0.15, 0.2) is 5.03 Å². The maximum absolute atomic E-state index is 12.2. The van der Waals surface area contributed by atoms with E-state index in [1.165, 1.54) is 36.1 Å². The fraction of sp³-hybridized carbons (Fsp3) is 0.167. The number of aryl methyl sites for hydroxylation is 2. The summed E-state index contributed by atoms with van der Waals surface area (Å²) in [5, 5.41) is 12.9. The van der Waals surface area contributed by atoms with Crippen molar-refractivity contribution in [2.75, 3.05) is 4.72 Å². The lowest BCUT2D eigenvalue weighted by Gasteiger charge is -2.11. The second-order valence-electron chi connectivity index (χ2n) is 4.25. The molecule has 1 aromatic carbocycles. The molecule has 0 radical (unpaired) electrons. The molecule has 7 nitrogen and oxygen atoms in total. The van der Waals surface area contributed by atoms with Crippen molar-refractivity contribution in [3.8, 4) is 0 Å². The highest BCUT2D eigenvalue weighted by atomic mass is 32.2. The molecule has 0 aliphatic carbocycles. The molecule has 0 unspecified atom stereocenters. The fourth-order valence-corrected chi connectivity index (χ4v) is 2.95. The van der Waals surface area contributed by atoms with Crippen LogP contribution in [0.1, 0.15) is 15.9 Å². The van der Waals surface area contributed by atoms with Crippen molar-refractivity contribution in [1.82, 2.24) is 9.78 Å². The van der Waals surface area contributed by atoms with Gasteiger partial charge < -0.3 is 5.11 Å². The van der Waals surface area contributed by atoms with Gasteiger partial charge >= 0.3 is 5.97 Å². The molecule has 2 rings (SSSR count). The van der Waals surface area contributed by atoms with Gasteiger partial charge in [0.1, 0.15) is 0 Å². The molecule has 0 bridgehead atoms. The molecule has 8 heteroatoms. The van der Waals surface area contributed by atoms with Crippen LogP contribution in [-0.2, 0) is 17.1 Å². The van der Waals surface area contributed by atoms with Crippen LogP contribution in [0.25, 0.3) is 0 Å². The van der Waals surface area contributed by atoms with Crippen molar-refractivity contribution >= 4 is 21.7 Å². The van der Waals surface area contributed by atoms with Gasteiger partial charge in [-0.25, -0.2) is 4.79 Å². The van der Waals surface area contributed by atoms with Crippen LogP contribution in [0.2, 0.25) is 0 Å². The van der Waals surface area contributed by atoms with Crippen molar-refractivity contribution in [3.05, 3.63) is 41.6 Å². The van der Waals surface area contributed by atoms with Gasteiger partial charge in [-0.2, -0.15) is 13.5 Å². The lowest BCUT2D eigenvalue weighted by Crippen LogP contribution is -2.18. The number of carboxylic acids is 1. The molecule has 0 amide bonds. The maximum atomic E-state index is 12.2. The number of nitrogens with one attached hydrogen (secondary N) is 1. The highest BCUT2D eigenvalue weighted by molar-refractivity contribution is 7.92. The van der Waals surface area contributed by atoms with Crippen LogP contribution in [0.15, 0.2) is 35.5 Å². The molecule has 2 N–H and O–H groups in total. The Balaban J connectivity index is 2.45. The zero-order valence-electron chi connectivity index (χ0n) is 10.9. The van der Waals surface area contributed by atoms with Crippen molar-refractivity contribution in [1.29, 1.82) is 0 Å². The predicted octanol–water partition coefficient (Wildman–Crippen LogP) is 1.23. The monoisotopic (exact) mass is 295 g/mol. The van der Waals surface area contributed by atoms with Crippen molar-refractivity contribution in [2.45, 2.75) is 11.9 Å². The van der Waals surface area contributed by atoms with E-state index in [1.807, 2.05) is 0 Å². The minimum absolute atomic E-state index is 0.0179. The van der Waals surface area contributed by atoms with Crippen LogP contribution in [0, 0.1) is 6.92 Å². The number of nitrogens with zero attached hydrogens (tertiary/aromatic N) is 2. The zero-order valence-corrected chi connectivity index (χ0v) is 11.7. The van der Waals surface area contributed by atoms with E-state index in [2.05, 4.69) is 9.82 Å². The number of benzene rings is 1. The quantitative estimate of drug-likeness (QED) is 0.883. The highest BCUT2D eigenvalue weighted by Gasteiger charge is 2.21. The molecule has 0 atom stereocenters. The Labute approximate surface area is 115 Å². The van der Waals surface area contributed by atoms with E-state index in [0.717, 1.165) is 5.56 Å². The number of anilines is 1. The SMILES string of the molecule is Cc1ccc(NS(=O)(=O)c2ccnn2C)c(C(=O)O)c1. The van der Waals surface area contributed by atoms with Crippen LogP contribution >= 0.6 is 0 Å². The first-order chi connectivity index (χ1) is 9.31. The minimum Gasteiger partial charge on any atom is -0.478 e. The van der Waals surface area contributed by atoms with E-state index < -0.39 is 16.0 Å². The Kier molecular flexibility index (Phi) is 3.49. The minimum atomic E-state index is -3.88. The summed E-state index contributed by atoms with van der Waals surface area (Å²) >= 11 is 0. The number of aromatic nitrogens is 2. The summed E-state index contributed by atoms with van der Waals surface area (Å²) < 4.78 is 27.8. The lowest BCUT2D eigenvalue weighted by atomic mass is 10.1. The van der Waals surface area contributed by atoms with Crippen LogP contribution in [0.4, 0.5) is 5.69 Å². The molecular weight excluding hydrogens is 282 g/mol. The van der Waals surface area contributed by atoms with E-state index in [1.54, 1.807) is 13.0 Å². The Bertz CT molecular complexity index is 765. The Hall–Kier alpha value is -2.35. The van der Waals surface area contributed by atoms with Gasteiger partial charge in [-0.15, -0.1) is 0 Å². The number of hydrogen-bond acceptors (Lipinski definition) is 4. The molecule has 0 saturated carbocycles. The smallest absolute Gasteiger partial charge is 0.337 e. The molecular formula is C12H13N3O4S. The third-order valence-electron chi connectivity index (χ3n) is 2.70. The number of rotatable bonds is 4. The summed E-state index contributed by atoms with van der Waals surface area (Å²) in [5.74, 6) is -1.20. The van der Waals surface area contributed by atoms with Crippen LogP contribution in [0.3, 0.4) is 0 Å². The second kappa shape index (κ2) is 4.97. The molecule has 0 aliphatic rings. The Morgan fingerprint density at radius 3 is 2.60 bits per heavy atom. The summed E-state index contributed by atoms with van der Waals surface area (Å²) in [6, 6.07) is 5.79. The first-order valence-electron chi connectivity index (χ1n) is 5.66. The third kappa shape index (κ3) is 2.64. The lowest BCUT2D eigenvalue weighted by molar-refractivity contribution is 0.0698. The fourth-order valence-electron chi connectivity index (χ4n) is 1.75. The second-order valence-corrected chi connectivity index (χ2v) is 5.88.